The van der Waals surface area contributed by atoms with Crippen molar-refractivity contribution in [1.29, 1.82) is 0 Å². The van der Waals surface area contributed by atoms with Gasteiger partial charge in [0.2, 0.25) is 0 Å². The minimum atomic E-state index is -0.120. The fourth-order valence-corrected chi connectivity index (χ4v) is 0.224. The number of hydrogen-bond acceptors (Lipinski definition) is 2. The maximum atomic E-state index is 8.26. The summed E-state index contributed by atoms with van der Waals surface area (Å²) in [4.78, 5) is 0. The average Bonchev–Trinajstić information content (AvgIpc) is 1.68. The highest BCUT2D eigenvalue weighted by molar-refractivity contribution is 4.75. The highest BCUT2D eigenvalue weighted by atomic mass is 16.3. The Labute approximate surface area is 43.8 Å². The Balaban J connectivity index is 2.83. The van der Waals surface area contributed by atoms with Crippen LogP contribution in [0.4, 0.5) is 0 Å². The van der Waals surface area contributed by atoms with Crippen LogP contribution in [0.5, 0.6) is 0 Å². The van der Waals surface area contributed by atoms with Crippen molar-refractivity contribution < 1.29 is 10.2 Å². The van der Waals surface area contributed by atoms with Crippen molar-refractivity contribution in [2.75, 3.05) is 13.2 Å². The molecule has 0 fully saturated rings. The highest BCUT2D eigenvalue weighted by Gasteiger charge is 1.95. The van der Waals surface area contributed by atoms with Crippen molar-refractivity contribution in [3.63, 3.8) is 0 Å². The molecule has 1 atom stereocenters. The SMILES string of the molecule is [CH2]C([CH]CO)CO. The quantitative estimate of drug-likeness (QED) is 0.510. The highest BCUT2D eigenvalue weighted by Crippen LogP contribution is 1.93. The number of aliphatic hydroxyl groups excluding tert-OH is 2. The van der Waals surface area contributed by atoms with Crippen molar-refractivity contribution >= 4 is 0 Å². The van der Waals surface area contributed by atoms with E-state index < -0.39 is 0 Å². The smallest absolute Gasteiger partial charge is 0.0466 e. The van der Waals surface area contributed by atoms with Crippen LogP contribution in [0.25, 0.3) is 0 Å². The standard InChI is InChI=1S/C5H10O2/c1-5(4-7)2-3-6/h2,5-7H,1,3-4H2. The van der Waals surface area contributed by atoms with Gasteiger partial charge in [0.05, 0.1) is 0 Å². The molecular weight excluding hydrogens is 92.1 g/mol. The van der Waals surface area contributed by atoms with Gasteiger partial charge in [0.1, 0.15) is 0 Å². The molecular formula is C5H10O2. The average molecular weight is 102 g/mol. The van der Waals surface area contributed by atoms with E-state index in [4.69, 9.17) is 10.2 Å². The van der Waals surface area contributed by atoms with Crippen LogP contribution >= 0.6 is 0 Å². The van der Waals surface area contributed by atoms with Crippen LogP contribution in [0.1, 0.15) is 0 Å². The molecule has 2 radical (unpaired) electrons. The first kappa shape index (κ1) is 6.92. The zero-order valence-corrected chi connectivity index (χ0v) is 4.17. The fraction of sp³-hybridized carbons (Fsp3) is 0.600. The summed E-state index contributed by atoms with van der Waals surface area (Å²) in [6.07, 6.45) is 1.54. The summed E-state index contributed by atoms with van der Waals surface area (Å²) in [7, 11) is 0. The molecule has 0 aliphatic rings. The fourth-order valence-electron chi connectivity index (χ4n) is 0.224. The van der Waals surface area contributed by atoms with Gasteiger partial charge in [-0.1, -0.05) is 0 Å². The zero-order valence-electron chi connectivity index (χ0n) is 4.17. The predicted octanol–water partition coefficient (Wildman–Crippen LogP) is -0.374. The van der Waals surface area contributed by atoms with Crippen molar-refractivity contribution in [2.24, 2.45) is 5.92 Å². The lowest BCUT2D eigenvalue weighted by Crippen LogP contribution is -2.03. The van der Waals surface area contributed by atoms with Crippen molar-refractivity contribution in [2.45, 2.75) is 0 Å². The lowest BCUT2D eigenvalue weighted by atomic mass is 10.1. The molecule has 0 aromatic carbocycles. The minimum Gasteiger partial charge on any atom is -0.396 e. The number of hydrogen-bond donors (Lipinski definition) is 2. The first-order valence-electron chi connectivity index (χ1n) is 2.19. The van der Waals surface area contributed by atoms with Gasteiger partial charge in [-0.05, 0) is 19.3 Å². The lowest BCUT2D eigenvalue weighted by Gasteiger charge is -2.00. The Bertz CT molecular complexity index is 37.1. The Morgan fingerprint density at radius 1 is 1.57 bits per heavy atom. The Hall–Kier alpha value is -0.0800. The van der Waals surface area contributed by atoms with Crippen molar-refractivity contribution in [1.82, 2.24) is 0 Å². The molecule has 7 heavy (non-hydrogen) atoms. The van der Waals surface area contributed by atoms with Gasteiger partial charge in [-0.2, -0.15) is 0 Å². The van der Waals surface area contributed by atoms with Crippen LogP contribution < -0.4 is 0 Å². The molecule has 1 unspecified atom stereocenters. The van der Waals surface area contributed by atoms with Gasteiger partial charge >= 0.3 is 0 Å². The number of rotatable bonds is 3. The zero-order chi connectivity index (χ0) is 5.70. The molecule has 0 heterocycles. The third-order valence-electron chi connectivity index (χ3n) is 0.673. The van der Waals surface area contributed by atoms with Gasteiger partial charge < -0.3 is 10.2 Å². The van der Waals surface area contributed by atoms with Crippen LogP contribution in [-0.2, 0) is 0 Å². The molecule has 0 saturated heterocycles. The summed E-state index contributed by atoms with van der Waals surface area (Å²) in [5, 5.41) is 16.4. The first-order chi connectivity index (χ1) is 3.31. The van der Waals surface area contributed by atoms with E-state index in [0.717, 1.165) is 0 Å². The molecule has 2 heteroatoms. The van der Waals surface area contributed by atoms with Crippen LogP contribution in [0.15, 0.2) is 0 Å². The van der Waals surface area contributed by atoms with E-state index in [1.54, 1.807) is 6.42 Å². The lowest BCUT2D eigenvalue weighted by molar-refractivity contribution is 0.244. The topological polar surface area (TPSA) is 40.5 Å². The normalized spacial score (nSPS) is 14.1. The monoisotopic (exact) mass is 102 g/mol. The molecule has 42 valence electrons. The summed E-state index contributed by atoms with van der Waals surface area (Å²) in [6, 6.07) is 0. The van der Waals surface area contributed by atoms with E-state index in [2.05, 4.69) is 6.92 Å². The molecule has 0 bridgehead atoms. The Morgan fingerprint density at radius 2 is 2.14 bits per heavy atom. The molecule has 0 aromatic rings. The van der Waals surface area contributed by atoms with Crippen LogP contribution in [0, 0.1) is 19.3 Å². The van der Waals surface area contributed by atoms with E-state index in [1.165, 1.54) is 0 Å². The van der Waals surface area contributed by atoms with Gasteiger partial charge in [-0.3, -0.25) is 0 Å². The minimum absolute atomic E-state index is 0.00523. The Kier molecular flexibility index (Phi) is 4.04. The molecule has 2 nitrogen and oxygen atoms in total. The molecule has 0 rings (SSSR count). The summed E-state index contributed by atoms with van der Waals surface area (Å²) >= 11 is 0. The number of aliphatic hydroxyl groups is 2. The molecule has 0 saturated carbocycles. The molecule has 0 aliphatic heterocycles. The predicted molar refractivity (Wildman–Crippen MR) is 27.3 cm³/mol. The van der Waals surface area contributed by atoms with Gasteiger partial charge in [0.25, 0.3) is 0 Å². The van der Waals surface area contributed by atoms with Gasteiger partial charge in [0, 0.05) is 13.2 Å². The summed E-state index contributed by atoms with van der Waals surface area (Å²) < 4.78 is 0. The van der Waals surface area contributed by atoms with E-state index in [9.17, 15) is 0 Å². The Morgan fingerprint density at radius 3 is 2.29 bits per heavy atom. The third-order valence-corrected chi connectivity index (χ3v) is 0.673. The van der Waals surface area contributed by atoms with Crippen LogP contribution in [-0.4, -0.2) is 23.4 Å². The molecule has 0 aromatic heterocycles. The van der Waals surface area contributed by atoms with Crippen molar-refractivity contribution in [3.05, 3.63) is 13.3 Å². The second-order valence-electron chi connectivity index (χ2n) is 1.36. The van der Waals surface area contributed by atoms with E-state index in [-0.39, 0.29) is 19.1 Å². The summed E-state index contributed by atoms with van der Waals surface area (Å²) in [5.41, 5.74) is 0. The van der Waals surface area contributed by atoms with E-state index in [0.29, 0.717) is 0 Å². The van der Waals surface area contributed by atoms with Crippen LogP contribution in [0.2, 0.25) is 0 Å². The van der Waals surface area contributed by atoms with Gasteiger partial charge in [-0.25, -0.2) is 0 Å². The van der Waals surface area contributed by atoms with Gasteiger partial charge in [-0.15, -0.1) is 0 Å². The first-order valence-corrected chi connectivity index (χ1v) is 2.19. The maximum Gasteiger partial charge on any atom is 0.0466 e. The molecule has 0 aliphatic carbocycles. The summed E-state index contributed by atoms with van der Waals surface area (Å²) in [5.74, 6) is -0.120. The largest absolute Gasteiger partial charge is 0.396 e. The third kappa shape index (κ3) is 3.76. The van der Waals surface area contributed by atoms with Crippen molar-refractivity contribution in [3.8, 4) is 0 Å². The van der Waals surface area contributed by atoms with Crippen LogP contribution in [0.3, 0.4) is 0 Å². The molecule has 0 amide bonds. The molecule has 0 spiro atoms. The van der Waals surface area contributed by atoms with E-state index >= 15 is 0 Å². The molecule has 2 N–H and O–H groups in total. The second kappa shape index (κ2) is 4.09. The summed E-state index contributed by atoms with van der Waals surface area (Å²) in [6.45, 7) is 3.49. The maximum absolute atomic E-state index is 8.26. The van der Waals surface area contributed by atoms with E-state index in [1.807, 2.05) is 0 Å². The van der Waals surface area contributed by atoms with Gasteiger partial charge in [0.15, 0.2) is 0 Å². The second-order valence-corrected chi connectivity index (χ2v) is 1.36.